The van der Waals surface area contributed by atoms with Gasteiger partial charge in [0, 0.05) is 11.1 Å². The first-order chi connectivity index (χ1) is 6.73. The quantitative estimate of drug-likeness (QED) is 0.744. The molecule has 0 aliphatic rings. The molecule has 0 radical (unpaired) electrons. The molecule has 0 aliphatic heterocycles. The second-order valence-corrected chi connectivity index (χ2v) is 5.07. The maximum Gasteiger partial charge on any atom is 0.159 e. The highest BCUT2D eigenvalue weighted by molar-refractivity contribution is 6.32. The lowest BCUT2D eigenvalue weighted by molar-refractivity contribution is 0.101. The van der Waals surface area contributed by atoms with Gasteiger partial charge in [-0.05, 0) is 24.5 Å². The number of halogens is 1. The van der Waals surface area contributed by atoms with Crippen LogP contribution in [0.5, 0.6) is 5.75 Å². The molecule has 0 saturated heterocycles. The van der Waals surface area contributed by atoms with Gasteiger partial charge in [0.05, 0.1) is 5.02 Å². The molecule has 0 aromatic heterocycles. The number of rotatable bonds is 1. The molecule has 0 atom stereocenters. The summed E-state index contributed by atoms with van der Waals surface area (Å²) in [6.45, 7) is 7.36. The summed E-state index contributed by atoms with van der Waals surface area (Å²) in [5, 5.41) is 10.0. The highest BCUT2D eigenvalue weighted by atomic mass is 35.5. The van der Waals surface area contributed by atoms with Gasteiger partial charge in [-0.3, -0.25) is 4.79 Å². The van der Waals surface area contributed by atoms with E-state index in [4.69, 9.17) is 11.6 Å². The standard InChI is InChI=1S/C12H15ClO2/c1-7(14)8-5-9(12(2,3)4)11(15)10(13)6-8/h5-6,15H,1-4H3. The second-order valence-electron chi connectivity index (χ2n) is 4.66. The van der Waals surface area contributed by atoms with Crippen LogP contribution in [-0.4, -0.2) is 10.9 Å². The molecule has 0 unspecified atom stereocenters. The van der Waals surface area contributed by atoms with E-state index in [0.717, 1.165) is 0 Å². The van der Waals surface area contributed by atoms with E-state index < -0.39 is 0 Å². The first-order valence-corrected chi connectivity index (χ1v) is 5.15. The largest absolute Gasteiger partial charge is 0.506 e. The molecule has 0 bridgehead atoms. The molecule has 0 saturated carbocycles. The highest BCUT2D eigenvalue weighted by Gasteiger charge is 2.21. The molecule has 15 heavy (non-hydrogen) atoms. The predicted molar refractivity (Wildman–Crippen MR) is 61.8 cm³/mol. The van der Waals surface area contributed by atoms with Gasteiger partial charge in [0.25, 0.3) is 0 Å². The Bertz CT molecular complexity index is 403. The van der Waals surface area contributed by atoms with Gasteiger partial charge in [0.1, 0.15) is 5.75 Å². The lowest BCUT2D eigenvalue weighted by Crippen LogP contribution is -2.12. The number of phenols is 1. The predicted octanol–water partition coefficient (Wildman–Crippen LogP) is 3.55. The van der Waals surface area contributed by atoms with E-state index in [9.17, 15) is 9.90 Å². The molecular formula is C12H15ClO2. The van der Waals surface area contributed by atoms with Gasteiger partial charge in [-0.15, -0.1) is 0 Å². The number of benzene rings is 1. The molecule has 0 spiro atoms. The summed E-state index contributed by atoms with van der Waals surface area (Å²) < 4.78 is 0. The topological polar surface area (TPSA) is 37.3 Å². The smallest absolute Gasteiger partial charge is 0.159 e. The van der Waals surface area contributed by atoms with Crippen molar-refractivity contribution < 1.29 is 9.90 Å². The average Bonchev–Trinajstić information content (AvgIpc) is 2.06. The second kappa shape index (κ2) is 3.86. The normalized spacial score (nSPS) is 11.5. The van der Waals surface area contributed by atoms with E-state index in [0.29, 0.717) is 11.1 Å². The van der Waals surface area contributed by atoms with Crippen LogP contribution < -0.4 is 0 Å². The van der Waals surface area contributed by atoms with Crippen molar-refractivity contribution in [2.45, 2.75) is 33.1 Å². The van der Waals surface area contributed by atoms with Crippen LogP contribution in [0.3, 0.4) is 0 Å². The van der Waals surface area contributed by atoms with E-state index in [2.05, 4.69) is 0 Å². The summed E-state index contributed by atoms with van der Waals surface area (Å²) >= 11 is 5.87. The van der Waals surface area contributed by atoms with Crippen LogP contribution in [0.25, 0.3) is 0 Å². The fourth-order valence-corrected chi connectivity index (χ4v) is 1.59. The van der Waals surface area contributed by atoms with E-state index in [1.807, 2.05) is 20.8 Å². The summed E-state index contributed by atoms with van der Waals surface area (Å²) in [6, 6.07) is 3.19. The minimum Gasteiger partial charge on any atom is -0.506 e. The molecule has 0 aliphatic carbocycles. The van der Waals surface area contributed by atoms with Crippen molar-refractivity contribution in [3.63, 3.8) is 0 Å². The summed E-state index contributed by atoms with van der Waals surface area (Å²) in [5.41, 5.74) is 0.988. The summed E-state index contributed by atoms with van der Waals surface area (Å²) in [4.78, 5) is 11.2. The Hall–Kier alpha value is -1.02. The lowest BCUT2D eigenvalue weighted by Gasteiger charge is -2.21. The van der Waals surface area contributed by atoms with Crippen molar-refractivity contribution >= 4 is 17.4 Å². The lowest BCUT2D eigenvalue weighted by atomic mass is 9.85. The van der Waals surface area contributed by atoms with Crippen molar-refractivity contribution in [2.24, 2.45) is 0 Å². The molecule has 1 aromatic rings. The maximum absolute atomic E-state index is 11.2. The minimum absolute atomic E-state index is 0.0533. The van der Waals surface area contributed by atoms with Crippen LogP contribution in [0.15, 0.2) is 12.1 Å². The number of hydrogen-bond donors (Lipinski definition) is 1. The van der Waals surface area contributed by atoms with Gasteiger partial charge in [0.2, 0.25) is 0 Å². The van der Waals surface area contributed by atoms with E-state index in [-0.39, 0.29) is 22.0 Å². The van der Waals surface area contributed by atoms with Crippen LogP contribution in [-0.2, 0) is 5.41 Å². The first-order valence-electron chi connectivity index (χ1n) is 4.77. The molecule has 2 nitrogen and oxygen atoms in total. The van der Waals surface area contributed by atoms with Crippen LogP contribution in [0.2, 0.25) is 5.02 Å². The monoisotopic (exact) mass is 226 g/mol. The fourth-order valence-electron chi connectivity index (χ4n) is 1.37. The molecule has 82 valence electrons. The molecule has 0 heterocycles. The zero-order valence-electron chi connectivity index (χ0n) is 9.39. The fraction of sp³-hybridized carbons (Fsp3) is 0.417. The third-order valence-corrected chi connectivity index (χ3v) is 2.57. The molecule has 1 rings (SSSR count). The zero-order chi connectivity index (χ0) is 11.8. The minimum atomic E-state index is -0.237. The van der Waals surface area contributed by atoms with Crippen molar-refractivity contribution in [3.8, 4) is 5.75 Å². The first kappa shape index (κ1) is 12.1. The molecular weight excluding hydrogens is 212 g/mol. The number of carbonyl (C=O) groups is 1. The summed E-state index contributed by atoms with van der Waals surface area (Å²) in [7, 11) is 0. The van der Waals surface area contributed by atoms with Gasteiger partial charge in [-0.2, -0.15) is 0 Å². The van der Waals surface area contributed by atoms with Crippen molar-refractivity contribution in [1.29, 1.82) is 0 Å². The summed E-state index contributed by atoms with van der Waals surface area (Å²) in [5.74, 6) is 0.0107. The van der Waals surface area contributed by atoms with Gasteiger partial charge in [-0.1, -0.05) is 32.4 Å². The SMILES string of the molecule is CC(=O)c1cc(Cl)c(O)c(C(C)(C)C)c1. The van der Waals surface area contributed by atoms with E-state index in [1.165, 1.54) is 13.0 Å². The van der Waals surface area contributed by atoms with Gasteiger partial charge in [-0.25, -0.2) is 0 Å². The molecule has 0 amide bonds. The van der Waals surface area contributed by atoms with Gasteiger partial charge < -0.3 is 5.11 Å². The Labute approximate surface area is 94.9 Å². The zero-order valence-corrected chi connectivity index (χ0v) is 10.1. The van der Waals surface area contributed by atoms with Crippen LogP contribution in [0.1, 0.15) is 43.6 Å². The molecule has 0 fully saturated rings. The molecule has 1 N–H and O–H groups in total. The Morgan fingerprint density at radius 1 is 1.33 bits per heavy atom. The van der Waals surface area contributed by atoms with E-state index in [1.54, 1.807) is 6.07 Å². The van der Waals surface area contributed by atoms with Crippen molar-refractivity contribution in [1.82, 2.24) is 0 Å². The maximum atomic E-state index is 11.2. The van der Waals surface area contributed by atoms with Crippen LogP contribution >= 0.6 is 11.6 Å². The Kier molecular flexibility index (Phi) is 3.10. The van der Waals surface area contributed by atoms with Crippen molar-refractivity contribution in [2.75, 3.05) is 0 Å². The average molecular weight is 227 g/mol. The number of carbonyl (C=O) groups excluding carboxylic acids is 1. The third-order valence-electron chi connectivity index (χ3n) is 2.28. The van der Waals surface area contributed by atoms with Crippen molar-refractivity contribution in [3.05, 3.63) is 28.3 Å². The van der Waals surface area contributed by atoms with Gasteiger partial charge in [0.15, 0.2) is 5.78 Å². The van der Waals surface area contributed by atoms with Crippen LogP contribution in [0.4, 0.5) is 0 Å². The molecule has 1 aromatic carbocycles. The summed E-state index contributed by atoms with van der Waals surface area (Å²) in [6.07, 6.45) is 0. The Morgan fingerprint density at radius 3 is 2.27 bits per heavy atom. The Balaban J connectivity index is 3.45. The number of Topliss-reactive ketones (excluding diaryl/α,β-unsaturated/α-hetero) is 1. The Morgan fingerprint density at radius 2 is 1.87 bits per heavy atom. The van der Waals surface area contributed by atoms with Gasteiger partial charge >= 0.3 is 0 Å². The highest BCUT2D eigenvalue weighted by Crippen LogP contribution is 2.36. The number of ketones is 1. The third kappa shape index (κ3) is 2.51. The van der Waals surface area contributed by atoms with E-state index >= 15 is 0 Å². The number of hydrogen-bond acceptors (Lipinski definition) is 2. The number of phenolic OH excluding ortho intramolecular Hbond substituents is 1. The van der Waals surface area contributed by atoms with Crippen LogP contribution in [0, 0.1) is 0 Å². The molecule has 3 heteroatoms. The number of aromatic hydroxyl groups is 1.